The van der Waals surface area contributed by atoms with Crippen molar-refractivity contribution in [3.8, 4) is 23.2 Å². The van der Waals surface area contributed by atoms with Gasteiger partial charge in [0, 0.05) is 5.56 Å². The Labute approximate surface area is 114 Å². The Balaban J connectivity index is 2.18. The van der Waals surface area contributed by atoms with Crippen LogP contribution in [0.2, 0.25) is 0 Å². The monoisotopic (exact) mass is 277 g/mol. The molecule has 1 aromatic carbocycles. The van der Waals surface area contributed by atoms with Gasteiger partial charge in [-0.2, -0.15) is 10.2 Å². The summed E-state index contributed by atoms with van der Waals surface area (Å²) in [6, 6.07) is 6.05. The first-order chi connectivity index (χ1) is 9.63. The predicted octanol–water partition coefficient (Wildman–Crippen LogP) is 1.70. The fraction of sp³-hybridized carbons (Fsp3) is 0.308. The second kappa shape index (κ2) is 6.12. The molecule has 1 N–H and O–H groups in total. The molecule has 2 aromatic rings. The number of benzene rings is 1. The average Bonchev–Trinajstić information content (AvgIpc) is 2.88. The molecule has 6 nitrogen and oxygen atoms in total. The minimum absolute atomic E-state index is 0.0118. The molecular formula is C13H12FN3O3. The molecule has 1 aromatic heterocycles. The van der Waals surface area contributed by atoms with Gasteiger partial charge in [0.25, 0.3) is 0 Å². The van der Waals surface area contributed by atoms with Crippen LogP contribution in [0.5, 0.6) is 5.75 Å². The van der Waals surface area contributed by atoms with E-state index < -0.39 is 11.9 Å². The van der Waals surface area contributed by atoms with E-state index in [1.807, 2.05) is 6.07 Å². The molecule has 1 atom stereocenters. The van der Waals surface area contributed by atoms with Crippen LogP contribution in [0.1, 0.15) is 12.3 Å². The summed E-state index contributed by atoms with van der Waals surface area (Å²) in [7, 11) is 1.36. The number of rotatable bonds is 5. The van der Waals surface area contributed by atoms with Crippen molar-refractivity contribution in [2.75, 3.05) is 7.11 Å². The number of halogens is 1. The van der Waals surface area contributed by atoms with E-state index >= 15 is 0 Å². The number of aliphatic hydroxyl groups excluding tert-OH is 1. The molecule has 104 valence electrons. The van der Waals surface area contributed by atoms with Crippen molar-refractivity contribution >= 4 is 0 Å². The highest BCUT2D eigenvalue weighted by atomic mass is 19.1. The van der Waals surface area contributed by atoms with Crippen molar-refractivity contribution < 1.29 is 18.8 Å². The van der Waals surface area contributed by atoms with Crippen molar-refractivity contribution in [1.82, 2.24) is 10.1 Å². The van der Waals surface area contributed by atoms with Crippen molar-refractivity contribution in [3.05, 3.63) is 29.9 Å². The van der Waals surface area contributed by atoms with Gasteiger partial charge >= 0.3 is 0 Å². The molecule has 0 saturated heterocycles. The Morgan fingerprint density at radius 2 is 2.35 bits per heavy atom. The Morgan fingerprint density at radius 3 is 3.05 bits per heavy atom. The van der Waals surface area contributed by atoms with Crippen LogP contribution in [0.15, 0.2) is 22.7 Å². The van der Waals surface area contributed by atoms with Crippen molar-refractivity contribution in [3.63, 3.8) is 0 Å². The van der Waals surface area contributed by atoms with Crippen LogP contribution in [0.3, 0.4) is 0 Å². The third kappa shape index (κ3) is 3.10. The number of nitriles is 1. The topological polar surface area (TPSA) is 92.2 Å². The lowest BCUT2D eigenvalue weighted by molar-refractivity contribution is 0.167. The van der Waals surface area contributed by atoms with E-state index in [0.717, 1.165) is 0 Å². The summed E-state index contributed by atoms with van der Waals surface area (Å²) in [6.45, 7) is 0. The van der Waals surface area contributed by atoms with Gasteiger partial charge in [-0.05, 0) is 18.2 Å². The standard InChI is InChI=1S/C13H12FN3O3/c1-19-11-6-8(2-3-10(11)14)13-16-12(20-17-13)7-9(18)4-5-15/h2-3,6,9,18H,4,7H2,1H3. The molecular weight excluding hydrogens is 265 g/mol. The van der Waals surface area contributed by atoms with Gasteiger partial charge in [-0.1, -0.05) is 5.16 Å². The highest BCUT2D eigenvalue weighted by molar-refractivity contribution is 5.57. The minimum atomic E-state index is -0.851. The molecule has 0 fully saturated rings. The van der Waals surface area contributed by atoms with E-state index in [0.29, 0.717) is 5.56 Å². The van der Waals surface area contributed by atoms with Crippen LogP contribution in [0, 0.1) is 17.1 Å². The lowest BCUT2D eigenvalue weighted by atomic mass is 10.2. The van der Waals surface area contributed by atoms with Crippen molar-refractivity contribution in [2.24, 2.45) is 0 Å². The quantitative estimate of drug-likeness (QED) is 0.894. The van der Waals surface area contributed by atoms with Crippen LogP contribution in [0.25, 0.3) is 11.4 Å². The molecule has 1 heterocycles. The smallest absolute Gasteiger partial charge is 0.229 e. The number of hydrogen-bond acceptors (Lipinski definition) is 6. The molecule has 0 aliphatic rings. The van der Waals surface area contributed by atoms with E-state index in [1.54, 1.807) is 0 Å². The van der Waals surface area contributed by atoms with Crippen molar-refractivity contribution in [2.45, 2.75) is 18.9 Å². The number of methoxy groups -OCH3 is 1. The molecule has 0 spiro atoms. The van der Waals surface area contributed by atoms with Gasteiger partial charge in [-0.3, -0.25) is 0 Å². The summed E-state index contributed by atoms with van der Waals surface area (Å²) in [5, 5.41) is 21.7. The van der Waals surface area contributed by atoms with Gasteiger partial charge in [0.15, 0.2) is 11.6 Å². The molecule has 2 rings (SSSR count). The van der Waals surface area contributed by atoms with Crippen LogP contribution in [-0.2, 0) is 6.42 Å². The lowest BCUT2D eigenvalue weighted by Gasteiger charge is -2.02. The SMILES string of the molecule is COc1cc(-c2noc(CC(O)CC#N)n2)ccc1F. The summed E-state index contributed by atoms with van der Waals surface area (Å²) >= 11 is 0. The number of aromatic nitrogens is 2. The molecule has 0 aliphatic carbocycles. The first-order valence-corrected chi connectivity index (χ1v) is 5.85. The fourth-order valence-corrected chi connectivity index (χ4v) is 1.63. The van der Waals surface area contributed by atoms with Gasteiger partial charge in [0.05, 0.1) is 32.1 Å². The number of aliphatic hydroxyl groups is 1. The van der Waals surface area contributed by atoms with E-state index in [1.165, 1.54) is 25.3 Å². The molecule has 0 aliphatic heterocycles. The second-order valence-electron chi connectivity index (χ2n) is 4.08. The molecule has 7 heteroatoms. The summed E-state index contributed by atoms with van der Waals surface area (Å²) in [5.41, 5.74) is 0.535. The largest absolute Gasteiger partial charge is 0.494 e. The molecule has 0 radical (unpaired) electrons. The zero-order valence-corrected chi connectivity index (χ0v) is 10.7. The molecule has 0 amide bonds. The van der Waals surface area contributed by atoms with Crippen LogP contribution in [-0.4, -0.2) is 28.5 Å². The fourth-order valence-electron chi connectivity index (χ4n) is 1.63. The van der Waals surface area contributed by atoms with Crippen LogP contribution >= 0.6 is 0 Å². The van der Waals surface area contributed by atoms with Gasteiger partial charge in [-0.25, -0.2) is 4.39 Å². The number of ether oxygens (including phenoxy) is 1. The highest BCUT2D eigenvalue weighted by Gasteiger charge is 2.14. The molecule has 0 saturated carbocycles. The number of nitrogens with zero attached hydrogens (tertiary/aromatic N) is 3. The van der Waals surface area contributed by atoms with Gasteiger partial charge in [0.2, 0.25) is 11.7 Å². The Hall–Kier alpha value is -2.46. The summed E-state index contributed by atoms with van der Waals surface area (Å²) in [6.07, 6.45) is -0.767. The third-order valence-corrected chi connectivity index (χ3v) is 2.61. The maximum atomic E-state index is 13.3. The Kier molecular flexibility index (Phi) is 4.27. The Morgan fingerprint density at radius 1 is 1.55 bits per heavy atom. The van der Waals surface area contributed by atoms with Crippen LogP contribution < -0.4 is 4.74 Å². The van der Waals surface area contributed by atoms with Crippen molar-refractivity contribution in [1.29, 1.82) is 5.26 Å². The summed E-state index contributed by atoms with van der Waals surface area (Å²) in [4.78, 5) is 4.08. The molecule has 0 bridgehead atoms. The predicted molar refractivity (Wildman–Crippen MR) is 66.2 cm³/mol. The summed E-state index contributed by atoms with van der Waals surface area (Å²) < 4.78 is 23.1. The number of hydrogen-bond donors (Lipinski definition) is 1. The van der Waals surface area contributed by atoms with E-state index in [9.17, 15) is 9.50 Å². The molecule has 20 heavy (non-hydrogen) atoms. The zero-order valence-electron chi connectivity index (χ0n) is 10.7. The second-order valence-corrected chi connectivity index (χ2v) is 4.08. The average molecular weight is 277 g/mol. The zero-order chi connectivity index (χ0) is 14.5. The third-order valence-electron chi connectivity index (χ3n) is 2.61. The maximum Gasteiger partial charge on any atom is 0.229 e. The summed E-state index contributed by atoms with van der Waals surface area (Å²) in [5.74, 6) is 0.0799. The highest BCUT2D eigenvalue weighted by Crippen LogP contribution is 2.24. The van der Waals surface area contributed by atoms with Crippen LogP contribution in [0.4, 0.5) is 4.39 Å². The van der Waals surface area contributed by atoms with Gasteiger partial charge < -0.3 is 14.4 Å². The first kappa shape index (κ1) is 14.0. The Bertz CT molecular complexity index is 636. The normalized spacial score (nSPS) is 11.9. The van der Waals surface area contributed by atoms with E-state index in [-0.39, 0.29) is 30.3 Å². The van der Waals surface area contributed by atoms with E-state index in [2.05, 4.69) is 10.1 Å². The van der Waals surface area contributed by atoms with Gasteiger partial charge in [0.1, 0.15) is 0 Å². The van der Waals surface area contributed by atoms with E-state index in [4.69, 9.17) is 14.5 Å². The molecule has 1 unspecified atom stereocenters. The first-order valence-electron chi connectivity index (χ1n) is 5.85. The maximum absolute atomic E-state index is 13.3. The van der Waals surface area contributed by atoms with Gasteiger partial charge in [-0.15, -0.1) is 0 Å². The minimum Gasteiger partial charge on any atom is -0.494 e. The lowest BCUT2D eigenvalue weighted by Crippen LogP contribution is -2.09.